The molecule has 0 aliphatic heterocycles. The lowest BCUT2D eigenvalue weighted by Crippen LogP contribution is -2.29. The third kappa shape index (κ3) is 3.12. The van der Waals surface area contributed by atoms with Gasteiger partial charge in [-0.2, -0.15) is 0 Å². The van der Waals surface area contributed by atoms with Crippen LogP contribution in [0.5, 0.6) is 5.75 Å². The number of nitrogen functional groups attached to an aromatic ring is 1. The highest BCUT2D eigenvalue weighted by Crippen LogP contribution is 2.37. The Morgan fingerprint density at radius 1 is 1.53 bits per heavy atom. The Balaban J connectivity index is 1.66. The molecule has 0 saturated heterocycles. The second-order valence-electron chi connectivity index (χ2n) is 4.50. The van der Waals surface area contributed by atoms with Crippen LogP contribution in [-0.4, -0.2) is 19.1 Å². The van der Waals surface area contributed by atoms with E-state index in [1.54, 1.807) is 6.07 Å². The number of carbonyl (C=O) groups excluding carboxylic acids is 1. The summed E-state index contributed by atoms with van der Waals surface area (Å²) in [5.74, 6) is 1.57. The molecule has 1 aliphatic rings. The van der Waals surface area contributed by atoms with Crippen molar-refractivity contribution in [3.8, 4) is 5.75 Å². The standard InChI is InChI=1S/C13H18N2O2/c1-9-8-10(9)13(16)15-6-7-17-12-5-3-2-4-11(12)14/h2-5,9-10H,6-8,14H2,1H3,(H,15,16). The molecule has 3 N–H and O–H groups in total. The van der Waals surface area contributed by atoms with Crippen LogP contribution < -0.4 is 15.8 Å². The van der Waals surface area contributed by atoms with Crippen molar-refractivity contribution in [2.24, 2.45) is 11.8 Å². The van der Waals surface area contributed by atoms with Gasteiger partial charge in [-0.25, -0.2) is 0 Å². The summed E-state index contributed by atoms with van der Waals surface area (Å²) in [5, 5.41) is 2.86. The fourth-order valence-electron chi connectivity index (χ4n) is 1.77. The van der Waals surface area contributed by atoms with Gasteiger partial charge in [-0.05, 0) is 24.5 Å². The van der Waals surface area contributed by atoms with Crippen LogP contribution in [0.25, 0.3) is 0 Å². The van der Waals surface area contributed by atoms with E-state index in [2.05, 4.69) is 12.2 Å². The Kier molecular flexibility index (Phi) is 3.52. The number of hydrogen-bond donors (Lipinski definition) is 2. The maximum absolute atomic E-state index is 11.5. The summed E-state index contributed by atoms with van der Waals surface area (Å²) in [7, 11) is 0. The molecule has 0 bridgehead atoms. The van der Waals surface area contributed by atoms with Gasteiger partial charge < -0.3 is 15.8 Å². The first-order valence-corrected chi connectivity index (χ1v) is 5.93. The first-order valence-electron chi connectivity index (χ1n) is 5.93. The van der Waals surface area contributed by atoms with Gasteiger partial charge >= 0.3 is 0 Å². The number of anilines is 1. The maximum atomic E-state index is 11.5. The Labute approximate surface area is 101 Å². The van der Waals surface area contributed by atoms with Crippen molar-refractivity contribution in [1.82, 2.24) is 5.32 Å². The zero-order chi connectivity index (χ0) is 12.3. The summed E-state index contributed by atoms with van der Waals surface area (Å²) >= 11 is 0. The van der Waals surface area contributed by atoms with Crippen LogP contribution in [-0.2, 0) is 4.79 Å². The number of ether oxygens (including phenoxy) is 1. The fourth-order valence-corrected chi connectivity index (χ4v) is 1.77. The van der Waals surface area contributed by atoms with E-state index < -0.39 is 0 Å². The predicted molar refractivity (Wildman–Crippen MR) is 66.6 cm³/mol. The van der Waals surface area contributed by atoms with Crippen molar-refractivity contribution in [1.29, 1.82) is 0 Å². The summed E-state index contributed by atoms with van der Waals surface area (Å²) in [5.41, 5.74) is 6.35. The molecule has 1 amide bonds. The van der Waals surface area contributed by atoms with E-state index in [0.29, 0.717) is 30.5 Å². The summed E-state index contributed by atoms with van der Waals surface area (Å²) in [6, 6.07) is 7.34. The Morgan fingerprint density at radius 2 is 2.24 bits per heavy atom. The average molecular weight is 234 g/mol. The number of carbonyl (C=O) groups is 1. The Morgan fingerprint density at radius 3 is 2.88 bits per heavy atom. The summed E-state index contributed by atoms with van der Waals surface area (Å²) < 4.78 is 5.47. The maximum Gasteiger partial charge on any atom is 0.223 e. The molecule has 0 heterocycles. The quantitative estimate of drug-likeness (QED) is 0.598. The minimum Gasteiger partial charge on any atom is -0.490 e. The van der Waals surface area contributed by atoms with Crippen molar-refractivity contribution >= 4 is 11.6 Å². The van der Waals surface area contributed by atoms with Crippen LogP contribution in [0, 0.1) is 11.8 Å². The van der Waals surface area contributed by atoms with E-state index in [1.807, 2.05) is 18.2 Å². The van der Waals surface area contributed by atoms with Crippen LogP contribution in [0.1, 0.15) is 13.3 Å². The van der Waals surface area contributed by atoms with Gasteiger partial charge in [0.2, 0.25) is 5.91 Å². The summed E-state index contributed by atoms with van der Waals surface area (Å²) in [6.45, 7) is 3.06. The number of para-hydroxylation sites is 2. The Hall–Kier alpha value is -1.71. The molecule has 2 atom stereocenters. The number of benzene rings is 1. The monoisotopic (exact) mass is 234 g/mol. The topological polar surface area (TPSA) is 64.3 Å². The van der Waals surface area contributed by atoms with Crippen LogP contribution in [0.2, 0.25) is 0 Å². The second-order valence-corrected chi connectivity index (χ2v) is 4.50. The molecule has 1 aromatic carbocycles. The van der Waals surface area contributed by atoms with E-state index in [1.165, 1.54) is 0 Å². The molecule has 1 saturated carbocycles. The van der Waals surface area contributed by atoms with E-state index in [4.69, 9.17) is 10.5 Å². The van der Waals surface area contributed by atoms with Gasteiger partial charge in [0.15, 0.2) is 0 Å². The molecule has 92 valence electrons. The molecular formula is C13H18N2O2. The molecule has 2 unspecified atom stereocenters. The Bertz CT molecular complexity index is 406. The number of nitrogens with two attached hydrogens (primary N) is 1. The molecular weight excluding hydrogens is 216 g/mol. The van der Waals surface area contributed by atoms with Crippen LogP contribution >= 0.6 is 0 Å². The molecule has 4 heteroatoms. The van der Waals surface area contributed by atoms with E-state index in [-0.39, 0.29) is 11.8 Å². The van der Waals surface area contributed by atoms with Crippen LogP contribution in [0.4, 0.5) is 5.69 Å². The highest BCUT2D eigenvalue weighted by molar-refractivity contribution is 5.81. The highest BCUT2D eigenvalue weighted by atomic mass is 16.5. The molecule has 4 nitrogen and oxygen atoms in total. The minimum atomic E-state index is 0.141. The van der Waals surface area contributed by atoms with Gasteiger partial charge in [0.05, 0.1) is 12.2 Å². The van der Waals surface area contributed by atoms with Gasteiger partial charge in [-0.15, -0.1) is 0 Å². The normalized spacial score (nSPS) is 21.9. The zero-order valence-corrected chi connectivity index (χ0v) is 9.98. The molecule has 1 aromatic rings. The van der Waals surface area contributed by atoms with Gasteiger partial charge in [-0.1, -0.05) is 19.1 Å². The third-order valence-corrected chi connectivity index (χ3v) is 3.02. The van der Waals surface area contributed by atoms with Gasteiger partial charge in [-0.3, -0.25) is 4.79 Å². The van der Waals surface area contributed by atoms with Gasteiger partial charge in [0.1, 0.15) is 12.4 Å². The van der Waals surface area contributed by atoms with E-state index in [0.717, 1.165) is 6.42 Å². The SMILES string of the molecule is CC1CC1C(=O)NCCOc1ccccc1N. The smallest absolute Gasteiger partial charge is 0.223 e. The predicted octanol–water partition coefficient (Wildman–Crippen LogP) is 1.42. The van der Waals surface area contributed by atoms with E-state index in [9.17, 15) is 4.79 Å². The lowest BCUT2D eigenvalue weighted by Gasteiger charge is -2.09. The molecule has 0 spiro atoms. The minimum absolute atomic E-state index is 0.141. The fraction of sp³-hybridized carbons (Fsp3) is 0.462. The van der Waals surface area contributed by atoms with Crippen molar-refractivity contribution in [2.75, 3.05) is 18.9 Å². The van der Waals surface area contributed by atoms with Crippen molar-refractivity contribution < 1.29 is 9.53 Å². The van der Waals surface area contributed by atoms with Gasteiger partial charge in [0, 0.05) is 5.92 Å². The molecule has 1 aliphatic carbocycles. The first-order chi connectivity index (χ1) is 8.18. The lowest BCUT2D eigenvalue weighted by atomic mass is 10.3. The molecule has 1 fully saturated rings. The summed E-state index contributed by atoms with van der Waals surface area (Å²) in [6.07, 6.45) is 1.01. The van der Waals surface area contributed by atoms with Crippen molar-refractivity contribution in [3.63, 3.8) is 0 Å². The highest BCUT2D eigenvalue weighted by Gasteiger charge is 2.38. The van der Waals surface area contributed by atoms with Crippen molar-refractivity contribution in [3.05, 3.63) is 24.3 Å². The zero-order valence-electron chi connectivity index (χ0n) is 9.98. The molecule has 17 heavy (non-hydrogen) atoms. The van der Waals surface area contributed by atoms with Crippen LogP contribution in [0.15, 0.2) is 24.3 Å². The number of nitrogens with one attached hydrogen (secondary N) is 1. The van der Waals surface area contributed by atoms with Gasteiger partial charge in [0.25, 0.3) is 0 Å². The second kappa shape index (κ2) is 5.08. The average Bonchev–Trinajstić information content (AvgIpc) is 3.04. The first kappa shape index (κ1) is 11.8. The number of rotatable bonds is 5. The molecule has 2 rings (SSSR count). The van der Waals surface area contributed by atoms with Crippen LogP contribution in [0.3, 0.4) is 0 Å². The lowest BCUT2D eigenvalue weighted by molar-refractivity contribution is -0.122. The number of hydrogen-bond acceptors (Lipinski definition) is 3. The summed E-state index contributed by atoms with van der Waals surface area (Å²) in [4.78, 5) is 11.5. The molecule has 0 radical (unpaired) electrons. The molecule has 0 aromatic heterocycles. The van der Waals surface area contributed by atoms with Crippen molar-refractivity contribution in [2.45, 2.75) is 13.3 Å². The largest absolute Gasteiger partial charge is 0.490 e. The van der Waals surface area contributed by atoms with E-state index >= 15 is 0 Å². The number of amides is 1. The third-order valence-electron chi connectivity index (χ3n) is 3.02.